The SMILES string of the molecule is COc1nccnc1N(C)CC1CCN(c2cncc(C)n2)CC1. The number of aryl methyl sites for hydroxylation is 1. The van der Waals surface area contributed by atoms with Crippen molar-refractivity contribution >= 4 is 11.6 Å². The van der Waals surface area contributed by atoms with Gasteiger partial charge in [0, 0.05) is 45.3 Å². The lowest BCUT2D eigenvalue weighted by atomic mass is 9.96. The van der Waals surface area contributed by atoms with Crippen LogP contribution in [0.15, 0.2) is 24.8 Å². The fourth-order valence-electron chi connectivity index (χ4n) is 3.14. The highest BCUT2D eigenvalue weighted by Crippen LogP contribution is 2.26. The molecule has 0 saturated carbocycles. The smallest absolute Gasteiger partial charge is 0.257 e. The number of ether oxygens (including phenoxy) is 1. The van der Waals surface area contributed by atoms with Crippen molar-refractivity contribution < 1.29 is 4.74 Å². The third-order valence-electron chi connectivity index (χ3n) is 4.41. The summed E-state index contributed by atoms with van der Waals surface area (Å²) in [6, 6.07) is 0. The quantitative estimate of drug-likeness (QED) is 0.831. The average molecular weight is 328 g/mol. The van der Waals surface area contributed by atoms with Crippen LogP contribution in [0.25, 0.3) is 0 Å². The number of hydrogen-bond donors (Lipinski definition) is 0. The molecule has 7 nitrogen and oxygen atoms in total. The molecule has 0 N–H and O–H groups in total. The van der Waals surface area contributed by atoms with Gasteiger partial charge >= 0.3 is 0 Å². The summed E-state index contributed by atoms with van der Waals surface area (Å²) in [6.07, 6.45) is 9.25. The normalized spacial score (nSPS) is 15.4. The van der Waals surface area contributed by atoms with E-state index in [1.807, 2.05) is 20.2 Å². The van der Waals surface area contributed by atoms with Gasteiger partial charge < -0.3 is 14.5 Å². The molecule has 0 atom stereocenters. The Bertz CT molecular complexity index is 672. The Balaban J connectivity index is 1.57. The molecule has 0 aromatic carbocycles. The molecule has 1 aliphatic rings. The molecule has 0 unspecified atom stereocenters. The minimum absolute atomic E-state index is 0.576. The highest BCUT2D eigenvalue weighted by atomic mass is 16.5. The Hall–Kier alpha value is -2.44. The monoisotopic (exact) mass is 328 g/mol. The summed E-state index contributed by atoms with van der Waals surface area (Å²) < 4.78 is 5.30. The molecular weight excluding hydrogens is 304 g/mol. The van der Waals surface area contributed by atoms with Crippen molar-refractivity contribution in [2.24, 2.45) is 5.92 Å². The molecule has 0 bridgehead atoms. The molecule has 3 rings (SSSR count). The fourth-order valence-corrected chi connectivity index (χ4v) is 3.14. The second-order valence-corrected chi connectivity index (χ2v) is 6.22. The maximum absolute atomic E-state index is 5.30. The summed E-state index contributed by atoms with van der Waals surface area (Å²) in [5.41, 5.74) is 0.962. The summed E-state index contributed by atoms with van der Waals surface area (Å²) in [5.74, 6) is 2.98. The Labute approximate surface area is 142 Å². The summed E-state index contributed by atoms with van der Waals surface area (Å²) >= 11 is 0. The van der Waals surface area contributed by atoms with Crippen LogP contribution in [0.1, 0.15) is 18.5 Å². The van der Waals surface area contributed by atoms with Gasteiger partial charge in [-0.05, 0) is 25.7 Å². The number of hydrogen-bond acceptors (Lipinski definition) is 7. The van der Waals surface area contributed by atoms with E-state index < -0.39 is 0 Å². The molecule has 0 amide bonds. The van der Waals surface area contributed by atoms with Crippen LogP contribution in [-0.2, 0) is 0 Å². The predicted octanol–water partition coefficient (Wildman–Crippen LogP) is 1.94. The number of aromatic nitrogens is 4. The van der Waals surface area contributed by atoms with Crippen LogP contribution in [0, 0.1) is 12.8 Å². The zero-order valence-corrected chi connectivity index (χ0v) is 14.5. The van der Waals surface area contributed by atoms with E-state index in [4.69, 9.17) is 4.74 Å². The van der Waals surface area contributed by atoms with Crippen molar-refractivity contribution in [2.45, 2.75) is 19.8 Å². The van der Waals surface area contributed by atoms with E-state index in [2.05, 4.69) is 29.7 Å². The third kappa shape index (κ3) is 3.72. The maximum Gasteiger partial charge on any atom is 0.257 e. The van der Waals surface area contributed by atoms with Crippen LogP contribution in [0.3, 0.4) is 0 Å². The number of nitrogens with zero attached hydrogens (tertiary/aromatic N) is 6. The van der Waals surface area contributed by atoms with Gasteiger partial charge in [-0.1, -0.05) is 0 Å². The van der Waals surface area contributed by atoms with Gasteiger partial charge in [-0.15, -0.1) is 0 Å². The minimum atomic E-state index is 0.576. The molecule has 1 fully saturated rings. The molecular formula is C17H24N6O. The van der Waals surface area contributed by atoms with Crippen molar-refractivity contribution in [3.63, 3.8) is 0 Å². The van der Waals surface area contributed by atoms with E-state index in [0.717, 1.165) is 49.8 Å². The second kappa shape index (κ2) is 7.42. The summed E-state index contributed by atoms with van der Waals surface area (Å²) in [5, 5.41) is 0. The third-order valence-corrected chi connectivity index (χ3v) is 4.41. The van der Waals surface area contributed by atoms with Gasteiger partial charge in [0.2, 0.25) is 0 Å². The van der Waals surface area contributed by atoms with Crippen LogP contribution in [0.4, 0.5) is 11.6 Å². The van der Waals surface area contributed by atoms with Crippen molar-refractivity contribution in [3.8, 4) is 5.88 Å². The lowest BCUT2D eigenvalue weighted by Gasteiger charge is -2.34. The first kappa shape index (κ1) is 16.4. The Morgan fingerprint density at radius 2 is 1.96 bits per heavy atom. The van der Waals surface area contributed by atoms with Crippen molar-refractivity contribution in [1.29, 1.82) is 0 Å². The number of methoxy groups -OCH3 is 1. The molecule has 0 spiro atoms. The van der Waals surface area contributed by atoms with E-state index in [1.54, 1.807) is 25.7 Å². The lowest BCUT2D eigenvalue weighted by Crippen LogP contribution is -2.38. The van der Waals surface area contributed by atoms with Crippen LogP contribution in [0.2, 0.25) is 0 Å². The summed E-state index contributed by atoms with van der Waals surface area (Å²) in [4.78, 5) is 21.9. The second-order valence-electron chi connectivity index (χ2n) is 6.22. The maximum atomic E-state index is 5.30. The Morgan fingerprint density at radius 3 is 2.67 bits per heavy atom. The van der Waals surface area contributed by atoms with Crippen LogP contribution in [0.5, 0.6) is 5.88 Å². The number of piperidine rings is 1. The lowest BCUT2D eigenvalue weighted by molar-refractivity contribution is 0.386. The van der Waals surface area contributed by atoms with E-state index in [0.29, 0.717) is 11.8 Å². The number of rotatable bonds is 5. The van der Waals surface area contributed by atoms with Crippen LogP contribution >= 0.6 is 0 Å². The van der Waals surface area contributed by atoms with Gasteiger partial charge in [0.1, 0.15) is 5.82 Å². The van der Waals surface area contributed by atoms with Crippen LogP contribution < -0.4 is 14.5 Å². The van der Waals surface area contributed by atoms with E-state index in [9.17, 15) is 0 Å². The molecule has 2 aromatic heterocycles. The molecule has 3 heterocycles. The Kier molecular flexibility index (Phi) is 5.08. The van der Waals surface area contributed by atoms with Gasteiger partial charge in [0.05, 0.1) is 19.0 Å². The van der Waals surface area contributed by atoms with Gasteiger partial charge in [-0.25, -0.2) is 15.0 Å². The molecule has 128 valence electrons. The van der Waals surface area contributed by atoms with Crippen LogP contribution in [-0.4, -0.2) is 53.7 Å². The van der Waals surface area contributed by atoms with E-state index >= 15 is 0 Å². The minimum Gasteiger partial charge on any atom is -0.478 e. The molecule has 1 aliphatic heterocycles. The fraction of sp³-hybridized carbons (Fsp3) is 0.529. The van der Waals surface area contributed by atoms with Gasteiger partial charge in [0.25, 0.3) is 5.88 Å². The first-order valence-corrected chi connectivity index (χ1v) is 8.27. The van der Waals surface area contributed by atoms with Crippen molar-refractivity contribution in [2.75, 3.05) is 43.6 Å². The zero-order chi connectivity index (χ0) is 16.9. The highest BCUT2D eigenvalue weighted by molar-refractivity contribution is 5.47. The zero-order valence-electron chi connectivity index (χ0n) is 14.5. The topological polar surface area (TPSA) is 67.3 Å². The molecule has 0 aliphatic carbocycles. The largest absolute Gasteiger partial charge is 0.478 e. The molecule has 0 radical (unpaired) electrons. The molecule has 1 saturated heterocycles. The first-order chi connectivity index (χ1) is 11.7. The van der Waals surface area contributed by atoms with Gasteiger partial charge in [-0.3, -0.25) is 4.98 Å². The van der Waals surface area contributed by atoms with E-state index in [-0.39, 0.29) is 0 Å². The standard InChI is InChI=1S/C17H24N6O/c1-13-10-18-11-15(21-13)23-8-4-14(5-9-23)12-22(2)16-17(24-3)20-7-6-19-16/h6-7,10-11,14H,4-5,8-9,12H2,1-3H3. The van der Waals surface area contributed by atoms with Crippen molar-refractivity contribution in [3.05, 3.63) is 30.5 Å². The first-order valence-electron chi connectivity index (χ1n) is 8.27. The summed E-state index contributed by atoms with van der Waals surface area (Å²) in [7, 11) is 3.67. The molecule has 2 aromatic rings. The van der Waals surface area contributed by atoms with Gasteiger partial charge in [-0.2, -0.15) is 0 Å². The highest BCUT2D eigenvalue weighted by Gasteiger charge is 2.23. The molecule has 24 heavy (non-hydrogen) atoms. The molecule has 7 heteroatoms. The van der Waals surface area contributed by atoms with Gasteiger partial charge in [0.15, 0.2) is 5.82 Å². The van der Waals surface area contributed by atoms with E-state index in [1.165, 1.54) is 0 Å². The van der Waals surface area contributed by atoms with Crippen molar-refractivity contribution in [1.82, 2.24) is 19.9 Å². The number of anilines is 2. The summed E-state index contributed by atoms with van der Waals surface area (Å²) in [6.45, 7) is 4.94. The predicted molar refractivity (Wildman–Crippen MR) is 93.6 cm³/mol. The average Bonchev–Trinajstić information content (AvgIpc) is 2.62. The Morgan fingerprint density at radius 1 is 1.21 bits per heavy atom.